The van der Waals surface area contributed by atoms with Crippen molar-refractivity contribution in [3.05, 3.63) is 24.3 Å². The lowest BCUT2D eigenvalue weighted by molar-refractivity contribution is -0.141. The van der Waals surface area contributed by atoms with Crippen molar-refractivity contribution in [1.29, 1.82) is 0 Å². The van der Waals surface area contributed by atoms with Crippen molar-refractivity contribution in [1.82, 2.24) is 4.31 Å². The van der Waals surface area contributed by atoms with E-state index in [1.165, 1.54) is 18.4 Å². The van der Waals surface area contributed by atoms with Crippen molar-refractivity contribution in [3.8, 4) is 0 Å². The lowest BCUT2D eigenvalue weighted by Crippen LogP contribution is -2.39. The third-order valence-electron chi connectivity index (χ3n) is 3.74. The second kappa shape index (κ2) is 6.03. The lowest BCUT2D eigenvalue weighted by atomic mass is 9.98. The largest absolute Gasteiger partial charge is 0.481 e. The van der Waals surface area contributed by atoms with Crippen LogP contribution in [-0.4, -0.2) is 51.0 Å². The normalized spacial score (nSPS) is 19.8. The average molecular weight is 312 g/mol. The van der Waals surface area contributed by atoms with Gasteiger partial charge < -0.3 is 10.0 Å². The summed E-state index contributed by atoms with van der Waals surface area (Å²) < 4.78 is 26.0. The van der Waals surface area contributed by atoms with E-state index in [0.717, 1.165) is 6.42 Å². The molecule has 1 unspecified atom stereocenters. The van der Waals surface area contributed by atoms with Gasteiger partial charge in [0.25, 0.3) is 0 Å². The molecular weight excluding hydrogens is 292 g/mol. The molecule has 0 spiro atoms. The summed E-state index contributed by atoms with van der Waals surface area (Å²) >= 11 is 0. The molecule has 1 aliphatic rings. The van der Waals surface area contributed by atoms with E-state index in [1.54, 1.807) is 24.3 Å². The second-order valence-electron chi connectivity index (χ2n) is 5.38. The van der Waals surface area contributed by atoms with Crippen LogP contribution < -0.4 is 4.90 Å². The van der Waals surface area contributed by atoms with Crippen LogP contribution in [-0.2, 0) is 14.8 Å². The number of hydrogen-bond acceptors (Lipinski definition) is 4. The first kappa shape index (κ1) is 15.8. The number of anilines is 1. The number of carboxylic acid groups (broad SMARTS) is 1. The zero-order valence-electron chi connectivity index (χ0n) is 12.2. The Balaban J connectivity index is 2.39. The number of carboxylic acids is 1. The number of aliphatic carboxylic acids is 1. The van der Waals surface area contributed by atoms with Gasteiger partial charge in [-0.1, -0.05) is 12.1 Å². The molecule has 1 aromatic rings. The first-order valence-corrected chi connectivity index (χ1v) is 8.27. The van der Waals surface area contributed by atoms with Gasteiger partial charge in [-0.05, 0) is 25.0 Å². The summed E-state index contributed by atoms with van der Waals surface area (Å²) in [7, 11) is -0.573. The second-order valence-corrected chi connectivity index (χ2v) is 7.50. The van der Waals surface area contributed by atoms with E-state index in [0.29, 0.717) is 25.2 Å². The Labute approximate surface area is 125 Å². The predicted octanol–water partition coefficient (Wildman–Crippen LogP) is 1.24. The van der Waals surface area contributed by atoms with Gasteiger partial charge in [-0.3, -0.25) is 4.79 Å². The van der Waals surface area contributed by atoms with Gasteiger partial charge in [0.15, 0.2) is 0 Å². The van der Waals surface area contributed by atoms with Crippen LogP contribution >= 0.6 is 0 Å². The van der Waals surface area contributed by atoms with Gasteiger partial charge in [-0.2, -0.15) is 0 Å². The summed E-state index contributed by atoms with van der Waals surface area (Å²) in [5.41, 5.74) is 0.581. The molecule has 1 aliphatic heterocycles. The Kier molecular flexibility index (Phi) is 4.53. The van der Waals surface area contributed by atoms with Crippen molar-refractivity contribution in [2.75, 3.05) is 32.1 Å². The number of rotatable bonds is 4. The highest BCUT2D eigenvalue weighted by Gasteiger charge is 2.29. The minimum atomic E-state index is -3.55. The molecule has 1 N–H and O–H groups in total. The van der Waals surface area contributed by atoms with Gasteiger partial charge in [-0.15, -0.1) is 0 Å². The maximum absolute atomic E-state index is 12.4. The van der Waals surface area contributed by atoms with Crippen molar-refractivity contribution in [2.45, 2.75) is 17.7 Å². The van der Waals surface area contributed by atoms with E-state index in [4.69, 9.17) is 5.11 Å². The van der Waals surface area contributed by atoms with Crippen molar-refractivity contribution in [3.63, 3.8) is 0 Å². The third-order valence-corrected chi connectivity index (χ3v) is 5.60. The number of para-hydroxylation sites is 1. The van der Waals surface area contributed by atoms with Crippen molar-refractivity contribution >= 4 is 21.7 Å². The fourth-order valence-electron chi connectivity index (χ4n) is 2.53. The number of benzene rings is 1. The number of carbonyl (C=O) groups is 1. The Hall–Kier alpha value is -1.60. The molecule has 6 nitrogen and oxygen atoms in total. The van der Waals surface area contributed by atoms with Crippen molar-refractivity contribution < 1.29 is 18.3 Å². The molecule has 1 heterocycles. The van der Waals surface area contributed by atoms with E-state index in [1.807, 2.05) is 4.90 Å². The van der Waals surface area contributed by atoms with E-state index in [2.05, 4.69) is 0 Å². The smallest absolute Gasteiger partial charge is 0.308 e. The highest BCUT2D eigenvalue weighted by Crippen LogP contribution is 2.30. The maximum atomic E-state index is 12.4. The molecule has 0 aliphatic carbocycles. The van der Waals surface area contributed by atoms with Crippen LogP contribution in [0.5, 0.6) is 0 Å². The molecule has 1 fully saturated rings. The lowest BCUT2D eigenvalue weighted by Gasteiger charge is -2.34. The molecule has 1 aromatic carbocycles. The van der Waals surface area contributed by atoms with Crippen molar-refractivity contribution in [2.24, 2.45) is 5.92 Å². The van der Waals surface area contributed by atoms with E-state index in [-0.39, 0.29) is 4.90 Å². The van der Waals surface area contributed by atoms with Gasteiger partial charge >= 0.3 is 5.97 Å². The summed E-state index contributed by atoms with van der Waals surface area (Å²) in [6, 6.07) is 6.75. The minimum Gasteiger partial charge on any atom is -0.481 e. The molecule has 0 bridgehead atoms. The highest BCUT2D eigenvalue weighted by atomic mass is 32.2. The Morgan fingerprint density at radius 3 is 2.62 bits per heavy atom. The fraction of sp³-hybridized carbons (Fsp3) is 0.500. The molecule has 0 aromatic heterocycles. The van der Waals surface area contributed by atoms with Crippen LogP contribution in [0.15, 0.2) is 29.2 Å². The van der Waals surface area contributed by atoms with Gasteiger partial charge in [0.1, 0.15) is 4.90 Å². The number of nitrogens with zero attached hydrogens (tertiary/aromatic N) is 2. The fourth-order valence-corrected chi connectivity index (χ4v) is 3.64. The molecule has 2 rings (SSSR count). The molecule has 0 amide bonds. The molecule has 0 radical (unpaired) electrons. The summed E-state index contributed by atoms with van der Waals surface area (Å²) in [5.74, 6) is -1.28. The van der Waals surface area contributed by atoms with Crippen LogP contribution in [0.3, 0.4) is 0 Å². The first-order valence-electron chi connectivity index (χ1n) is 6.83. The molecule has 116 valence electrons. The zero-order valence-corrected chi connectivity index (χ0v) is 13.0. The first-order chi connectivity index (χ1) is 9.84. The van der Waals surface area contributed by atoms with E-state index in [9.17, 15) is 13.2 Å². The van der Waals surface area contributed by atoms with Crippen LogP contribution in [0.1, 0.15) is 12.8 Å². The summed E-state index contributed by atoms with van der Waals surface area (Å²) in [6.07, 6.45) is 1.38. The van der Waals surface area contributed by atoms with Gasteiger partial charge in [-0.25, -0.2) is 12.7 Å². The molecular formula is C14H20N2O4S. The molecule has 7 heteroatoms. The highest BCUT2D eigenvalue weighted by molar-refractivity contribution is 7.89. The van der Waals surface area contributed by atoms with Crippen LogP contribution in [0.4, 0.5) is 5.69 Å². The topological polar surface area (TPSA) is 77.9 Å². The monoisotopic (exact) mass is 312 g/mol. The van der Waals surface area contributed by atoms with Crippen LogP contribution in [0.2, 0.25) is 0 Å². The van der Waals surface area contributed by atoms with Crippen LogP contribution in [0, 0.1) is 5.92 Å². The summed E-state index contributed by atoms with van der Waals surface area (Å²) in [6.45, 7) is 1.01. The Bertz CT molecular complexity index is 628. The quantitative estimate of drug-likeness (QED) is 0.905. The van der Waals surface area contributed by atoms with Gasteiger partial charge in [0.05, 0.1) is 11.6 Å². The van der Waals surface area contributed by atoms with E-state index < -0.39 is 21.9 Å². The summed E-state index contributed by atoms with van der Waals surface area (Å²) in [5, 5.41) is 9.17. The Morgan fingerprint density at radius 1 is 1.33 bits per heavy atom. The molecule has 0 saturated carbocycles. The Morgan fingerprint density at radius 2 is 2.00 bits per heavy atom. The third kappa shape index (κ3) is 3.19. The molecule has 1 saturated heterocycles. The number of sulfonamides is 1. The number of piperidine rings is 1. The minimum absolute atomic E-state index is 0.223. The van der Waals surface area contributed by atoms with Gasteiger partial charge in [0.2, 0.25) is 10.0 Å². The SMILES string of the molecule is CN(C)S(=O)(=O)c1ccccc1N1CCCC(C(=O)O)C1. The molecule has 21 heavy (non-hydrogen) atoms. The van der Waals surface area contributed by atoms with E-state index >= 15 is 0 Å². The zero-order chi connectivity index (χ0) is 15.6. The van der Waals surface area contributed by atoms with Crippen LogP contribution in [0.25, 0.3) is 0 Å². The standard InChI is InChI=1S/C14H20N2O4S/c1-15(2)21(19,20)13-8-4-3-7-12(13)16-9-5-6-11(10-16)14(17)18/h3-4,7-8,11H,5-6,9-10H2,1-2H3,(H,17,18). The predicted molar refractivity (Wildman–Crippen MR) is 79.9 cm³/mol. The summed E-state index contributed by atoms with van der Waals surface area (Å²) in [4.78, 5) is 13.3. The maximum Gasteiger partial charge on any atom is 0.308 e. The van der Waals surface area contributed by atoms with Gasteiger partial charge in [0, 0.05) is 27.2 Å². The average Bonchev–Trinajstić information content (AvgIpc) is 2.47. The number of hydrogen-bond donors (Lipinski definition) is 1. The molecule has 1 atom stereocenters.